The fraction of sp³-hybridized carbons (Fsp3) is 0.350. The minimum absolute atomic E-state index is 0.0746. The van der Waals surface area contributed by atoms with Crippen LogP contribution >= 0.6 is 0 Å². The van der Waals surface area contributed by atoms with Crippen LogP contribution in [0.15, 0.2) is 36.5 Å². The van der Waals surface area contributed by atoms with Crippen molar-refractivity contribution in [3.8, 4) is 11.5 Å². The van der Waals surface area contributed by atoms with Crippen LogP contribution in [0, 0.1) is 12.3 Å². The third-order valence-electron chi connectivity index (χ3n) is 4.30. The molecular weight excluding hydrogens is 330 g/mol. The number of rotatable bonds is 6. The Balaban J connectivity index is 2.31. The first-order valence-electron chi connectivity index (χ1n) is 8.55. The van der Waals surface area contributed by atoms with Crippen molar-refractivity contribution in [2.24, 2.45) is 5.41 Å². The third-order valence-corrected chi connectivity index (χ3v) is 4.30. The molecule has 0 aliphatic rings. The van der Waals surface area contributed by atoms with Gasteiger partial charge in [0.05, 0.1) is 5.69 Å². The molecule has 0 bridgehead atoms. The van der Waals surface area contributed by atoms with E-state index < -0.39 is 5.41 Å². The van der Waals surface area contributed by atoms with Gasteiger partial charge in [0.1, 0.15) is 11.4 Å². The molecule has 0 saturated carbocycles. The van der Waals surface area contributed by atoms with Crippen LogP contribution in [0.2, 0.25) is 0 Å². The van der Waals surface area contributed by atoms with Gasteiger partial charge in [-0.3, -0.25) is 14.6 Å². The molecule has 6 nitrogen and oxygen atoms in total. The van der Waals surface area contributed by atoms with Crippen molar-refractivity contribution in [3.63, 3.8) is 0 Å². The van der Waals surface area contributed by atoms with Crippen molar-refractivity contribution < 1.29 is 14.3 Å². The van der Waals surface area contributed by atoms with Gasteiger partial charge in [-0.2, -0.15) is 0 Å². The SMILES string of the molecule is CCC(C)(C)C(=O)Nc1ccc(C)cc1Oc1ccnc(C(=O)NC)c1. The zero-order valence-electron chi connectivity index (χ0n) is 15.8. The van der Waals surface area contributed by atoms with E-state index in [1.807, 2.05) is 45.9 Å². The lowest BCUT2D eigenvalue weighted by atomic mass is 9.89. The normalized spacial score (nSPS) is 11.0. The van der Waals surface area contributed by atoms with Crippen LogP contribution in [0.5, 0.6) is 11.5 Å². The Morgan fingerprint density at radius 2 is 1.92 bits per heavy atom. The van der Waals surface area contributed by atoms with Crippen molar-refractivity contribution in [2.45, 2.75) is 34.1 Å². The van der Waals surface area contributed by atoms with Gasteiger partial charge in [0.25, 0.3) is 5.91 Å². The number of aryl methyl sites for hydroxylation is 1. The van der Waals surface area contributed by atoms with Gasteiger partial charge < -0.3 is 15.4 Å². The van der Waals surface area contributed by atoms with E-state index in [0.29, 0.717) is 17.2 Å². The first kappa shape index (κ1) is 19.4. The molecule has 1 heterocycles. The summed E-state index contributed by atoms with van der Waals surface area (Å²) in [7, 11) is 1.54. The summed E-state index contributed by atoms with van der Waals surface area (Å²) in [6, 6.07) is 8.78. The Morgan fingerprint density at radius 3 is 2.58 bits per heavy atom. The summed E-state index contributed by atoms with van der Waals surface area (Å²) in [5, 5.41) is 5.47. The number of ether oxygens (including phenoxy) is 1. The number of nitrogens with zero attached hydrogens (tertiary/aromatic N) is 1. The van der Waals surface area contributed by atoms with Crippen LogP contribution in [-0.4, -0.2) is 23.8 Å². The van der Waals surface area contributed by atoms with E-state index in [-0.39, 0.29) is 17.5 Å². The Labute approximate surface area is 154 Å². The highest BCUT2D eigenvalue weighted by molar-refractivity contribution is 5.96. The number of carbonyl (C=O) groups is 2. The van der Waals surface area contributed by atoms with Gasteiger partial charge in [0.2, 0.25) is 5.91 Å². The number of nitrogens with one attached hydrogen (secondary N) is 2. The van der Waals surface area contributed by atoms with Crippen LogP contribution in [0.4, 0.5) is 5.69 Å². The summed E-state index contributed by atoms with van der Waals surface area (Å²) in [6.45, 7) is 7.71. The fourth-order valence-corrected chi connectivity index (χ4v) is 2.12. The summed E-state index contributed by atoms with van der Waals surface area (Å²) in [5.74, 6) is 0.612. The lowest BCUT2D eigenvalue weighted by Gasteiger charge is -2.22. The smallest absolute Gasteiger partial charge is 0.269 e. The zero-order valence-corrected chi connectivity index (χ0v) is 15.8. The molecule has 2 rings (SSSR count). The maximum Gasteiger partial charge on any atom is 0.269 e. The molecule has 0 aliphatic carbocycles. The van der Waals surface area contributed by atoms with Crippen LogP contribution in [0.3, 0.4) is 0 Å². The fourth-order valence-electron chi connectivity index (χ4n) is 2.12. The number of benzene rings is 1. The van der Waals surface area contributed by atoms with Gasteiger partial charge in [-0.25, -0.2) is 0 Å². The molecule has 0 unspecified atom stereocenters. The van der Waals surface area contributed by atoms with Gasteiger partial charge in [0, 0.05) is 24.7 Å². The number of aromatic nitrogens is 1. The zero-order chi connectivity index (χ0) is 19.3. The van der Waals surface area contributed by atoms with Crippen molar-refractivity contribution in [2.75, 3.05) is 12.4 Å². The number of hydrogen-bond donors (Lipinski definition) is 2. The molecule has 1 aromatic carbocycles. The van der Waals surface area contributed by atoms with Crippen LogP contribution < -0.4 is 15.4 Å². The first-order valence-corrected chi connectivity index (χ1v) is 8.55. The quantitative estimate of drug-likeness (QED) is 0.823. The summed E-state index contributed by atoms with van der Waals surface area (Å²) < 4.78 is 5.94. The van der Waals surface area contributed by atoms with Crippen molar-refractivity contribution >= 4 is 17.5 Å². The standard InChI is InChI=1S/C20H25N3O3/c1-6-20(3,4)19(25)23-15-8-7-13(2)11-17(15)26-14-9-10-22-16(12-14)18(24)21-5/h7-12H,6H2,1-5H3,(H,21,24)(H,23,25). The minimum Gasteiger partial charge on any atom is -0.455 e. The summed E-state index contributed by atoms with van der Waals surface area (Å²) in [5.41, 5.74) is 1.36. The van der Waals surface area contributed by atoms with Crippen molar-refractivity contribution in [1.29, 1.82) is 0 Å². The van der Waals surface area contributed by atoms with E-state index in [4.69, 9.17) is 4.74 Å². The second kappa shape index (κ2) is 7.99. The topological polar surface area (TPSA) is 80.3 Å². The van der Waals surface area contributed by atoms with Crippen LogP contribution in [0.25, 0.3) is 0 Å². The number of amides is 2. The van der Waals surface area contributed by atoms with E-state index in [2.05, 4.69) is 15.6 Å². The lowest BCUT2D eigenvalue weighted by molar-refractivity contribution is -0.124. The Hall–Kier alpha value is -2.89. The predicted octanol–water partition coefficient (Wildman–Crippen LogP) is 3.92. The molecule has 2 aromatic rings. The highest BCUT2D eigenvalue weighted by atomic mass is 16.5. The Bertz CT molecular complexity index is 816. The average Bonchev–Trinajstić information content (AvgIpc) is 2.63. The summed E-state index contributed by atoms with van der Waals surface area (Å²) in [6.07, 6.45) is 2.23. The molecule has 6 heteroatoms. The van der Waals surface area contributed by atoms with Gasteiger partial charge in [-0.15, -0.1) is 0 Å². The molecule has 138 valence electrons. The number of hydrogen-bond acceptors (Lipinski definition) is 4. The van der Waals surface area contributed by atoms with Gasteiger partial charge in [-0.05, 0) is 37.1 Å². The molecule has 0 radical (unpaired) electrons. The molecule has 2 amide bonds. The van der Waals surface area contributed by atoms with Gasteiger partial charge >= 0.3 is 0 Å². The van der Waals surface area contributed by atoms with Gasteiger partial charge in [-0.1, -0.05) is 26.8 Å². The molecule has 2 N–H and O–H groups in total. The minimum atomic E-state index is -0.481. The number of carbonyl (C=O) groups excluding carboxylic acids is 2. The van der Waals surface area contributed by atoms with E-state index >= 15 is 0 Å². The average molecular weight is 355 g/mol. The Morgan fingerprint density at radius 1 is 1.19 bits per heavy atom. The van der Waals surface area contributed by atoms with E-state index in [0.717, 1.165) is 12.0 Å². The monoisotopic (exact) mass is 355 g/mol. The molecule has 0 fully saturated rings. The number of pyridine rings is 1. The third kappa shape index (κ3) is 4.59. The molecule has 1 aromatic heterocycles. The van der Waals surface area contributed by atoms with Crippen molar-refractivity contribution in [3.05, 3.63) is 47.8 Å². The highest BCUT2D eigenvalue weighted by Crippen LogP contribution is 2.32. The van der Waals surface area contributed by atoms with Gasteiger partial charge in [0.15, 0.2) is 5.75 Å². The molecule has 0 atom stereocenters. The number of anilines is 1. The molecule has 0 aliphatic heterocycles. The van der Waals surface area contributed by atoms with Crippen LogP contribution in [0.1, 0.15) is 43.2 Å². The maximum absolute atomic E-state index is 12.5. The summed E-state index contributed by atoms with van der Waals surface area (Å²) >= 11 is 0. The second-order valence-corrected chi connectivity index (χ2v) is 6.75. The predicted molar refractivity (Wildman–Crippen MR) is 102 cm³/mol. The highest BCUT2D eigenvalue weighted by Gasteiger charge is 2.26. The van der Waals surface area contributed by atoms with E-state index in [1.165, 1.54) is 6.20 Å². The molecular formula is C20H25N3O3. The lowest BCUT2D eigenvalue weighted by Crippen LogP contribution is -2.30. The largest absolute Gasteiger partial charge is 0.455 e. The molecule has 26 heavy (non-hydrogen) atoms. The summed E-state index contributed by atoms with van der Waals surface area (Å²) in [4.78, 5) is 28.3. The maximum atomic E-state index is 12.5. The first-order chi connectivity index (χ1) is 12.3. The van der Waals surface area contributed by atoms with Crippen LogP contribution in [-0.2, 0) is 4.79 Å². The Kier molecular flexibility index (Phi) is 5.97. The molecule has 0 spiro atoms. The van der Waals surface area contributed by atoms with E-state index in [1.54, 1.807) is 19.2 Å². The second-order valence-electron chi connectivity index (χ2n) is 6.75. The molecule has 0 saturated heterocycles. The van der Waals surface area contributed by atoms with E-state index in [9.17, 15) is 9.59 Å². The van der Waals surface area contributed by atoms with Crippen molar-refractivity contribution in [1.82, 2.24) is 10.3 Å².